The lowest BCUT2D eigenvalue weighted by atomic mass is 10.0. The minimum atomic E-state index is -3.69. The number of amides is 2. The van der Waals surface area contributed by atoms with Crippen molar-refractivity contribution in [3.05, 3.63) is 45.8 Å². The summed E-state index contributed by atoms with van der Waals surface area (Å²) in [5, 5.41) is 3.64. The highest BCUT2D eigenvalue weighted by molar-refractivity contribution is 7.89. The fourth-order valence-electron chi connectivity index (χ4n) is 5.72. The monoisotopic (exact) mass is 602 g/mol. The summed E-state index contributed by atoms with van der Waals surface area (Å²) >= 11 is 1.51. The van der Waals surface area contributed by atoms with E-state index in [1.807, 2.05) is 32.6 Å². The fraction of sp³-hybridized carbons (Fsp3) is 0.613. The maximum atomic E-state index is 13.7. The summed E-state index contributed by atoms with van der Waals surface area (Å²) in [5.74, 6) is 0.0623. The van der Waals surface area contributed by atoms with E-state index in [9.17, 15) is 18.0 Å². The largest absolute Gasteiger partial charge is 0.339 e. The number of anilines is 1. The summed E-state index contributed by atoms with van der Waals surface area (Å²) in [6, 6.07) is 6.15. The highest BCUT2D eigenvalue weighted by Crippen LogP contribution is 2.38. The molecule has 10 heteroatoms. The molecule has 4 rings (SSSR count). The quantitative estimate of drug-likeness (QED) is 0.357. The molecular formula is C31H46N4O4S2. The minimum Gasteiger partial charge on any atom is -0.339 e. The van der Waals surface area contributed by atoms with Gasteiger partial charge < -0.3 is 10.2 Å². The molecule has 8 nitrogen and oxygen atoms in total. The topological polar surface area (TPSA) is 90.0 Å². The van der Waals surface area contributed by atoms with Gasteiger partial charge in [-0.15, -0.1) is 11.3 Å². The zero-order valence-corrected chi connectivity index (χ0v) is 26.9. The molecule has 1 fully saturated rings. The van der Waals surface area contributed by atoms with Crippen LogP contribution in [0.15, 0.2) is 29.2 Å². The lowest BCUT2D eigenvalue weighted by molar-refractivity contribution is 0.0724. The first kappa shape index (κ1) is 31.7. The number of thiophene rings is 1. The predicted molar refractivity (Wildman–Crippen MR) is 166 cm³/mol. The minimum absolute atomic E-state index is 0.0123. The lowest BCUT2D eigenvalue weighted by Crippen LogP contribution is -2.37. The molecule has 0 bridgehead atoms. The first-order chi connectivity index (χ1) is 19.5. The van der Waals surface area contributed by atoms with Gasteiger partial charge >= 0.3 is 0 Å². The first-order valence-corrected chi connectivity index (χ1v) is 17.3. The summed E-state index contributed by atoms with van der Waals surface area (Å²) in [5.41, 5.74) is 2.08. The number of piperidine rings is 1. The Labute approximate surface area is 250 Å². The summed E-state index contributed by atoms with van der Waals surface area (Å²) in [4.78, 5) is 32.8. The van der Waals surface area contributed by atoms with Crippen LogP contribution in [0.1, 0.15) is 91.5 Å². The van der Waals surface area contributed by atoms with Crippen molar-refractivity contribution in [1.29, 1.82) is 0 Å². The van der Waals surface area contributed by atoms with Crippen LogP contribution in [0.3, 0.4) is 0 Å². The van der Waals surface area contributed by atoms with Crippen LogP contribution in [-0.4, -0.2) is 73.6 Å². The molecular weight excluding hydrogens is 556 g/mol. The van der Waals surface area contributed by atoms with Crippen molar-refractivity contribution < 1.29 is 18.0 Å². The van der Waals surface area contributed by atoms with E-state index in [2.05, 4.69) is 17.1 Å². The third-order valence-electron chi connectivity index (χ3n) is 7.65. The van der Waals surface area contributed by atoms with Gasteiger partial charge in [0.25, 0.3) is 11.8 Å². The van der Waals surface area contributed by atoms with Gasteiger partial charge in [0.15, 0.2) is 0 Å². The average molecular weight is 603 g/mol. The number of likely N-dealkylation sites (tertiary alicyclic amines) is 1. The number of carbonyl (C=O) groups excluding carboxylic acids is 2. The van der Waals surface area contributed by atoms with Crippen molar-refractivity contribution >= 4 is 38.2 Å². The van der Waals surface area contributed by atoms with Crippen LogP contribution in [0.4, 0.5) is 5.00 Å². The van der Waals surface area contributed by atoms with Crippen molar-refractivity contribution in [1.82, 2.24) is 14.1 Å². The second-order valence-electron chi connectivity index (χ2n) is 12.2. The zero-order valence-electron chi connectivity index (χ0n) is 25.2. The Balaban J connectivity index is 1.58. The van der Waals surface area contributed by atoms with Gasteiger partial charge in [-0.05, 0) is 80.3 Å². The van der Waals surface area contributed by atoms with Gasteiger partial charge in [-0.2, -0.15) is 4.31 Å². The normalized spacial score (nSPS) is 16.4. The lowest BCUT2D eigenvalue weighted by Gasteiger charge is -2.29. The molecule has 1 aromatic carbocycles. The third kappa shape index (κ3) is 7.58. The zero-order chi connectivity index (χ0) is 29.7. The summed E-state index contributed by atoms with van der Waals surface area (Å²) in [7, 11) is -3.69. The molecule has 226 valence electrons. The Morgan fingerprint density at radius 1 is 0.976 bits per heavy atom. The molecule has 41 heavy (non-hydrogen) atoms. The standard InChI is InChI=1S/C31H46N4O4S2/c1-6-15-33-18-14-26-27(21-33)40-30(28(26)31(37)34-16-8-7-9-17-34)32-29(36)24-10-12-25(13-11-24)41(38,39)35(19-22(2)3)20-23(4)5/h10-13,22-23H,6-9,14-21H2,1-5H3,(H,32,36). The Hall–Kier alpha value is -2.27. The highest BCUT2D eigenvalue weighted by Gasteiger charge is 2.32. The SMILES string of the molecule is CCCN1CCc2c(sc(NC(=O)c3ccc(S(=O)(=O)N(CC(C)C)CC(C)C)cc3)c2C(=O)N2CCCCC2)C1. The van der Waals surface area contributed by atoms with E-state index in [-0.39, 0.29) is 28.5 Å². The molecule has 2 aromatic rings. The maximum absolute atomic E-state index is 13.7. The van der Waals surface area contributed by atoms with Crippen LogP contribution >= 0.6 is 11.3 Å². The van der Waals surface area contributed by atoms with Gasteiger partial charge in [0.05, 0.1) is 10.5 Å². The van der Waals surface area contributed by atoms with Crippen molar-refractivity contribution in [2.45, 2.75) is 78.2 Å². The Morgan fingerprint density at radius 3 is 2.20 bits per heavy atom. The third-order valence-corrected chi connectivity index (χ3v) is 10.6. The Bertz CT molecular complexity index is 1300. The average Bonchev–Trinajstić information content (AvgIpc) is 3.29. The summed E-state index contributed by atoms with van der Waals surface area (Å²) in [6.07, 6.45) is 5.02. The number of sulfonamides is 1. The van der Waals surface area contributed by atoms with Crippen LogP contribution in [0.2, 0.25) is 0 Å². The van der Waals surface area contributed by atoms with Gasteiger partial charge in [0.2, 0.25) is 10.0 Å². The van der Waals surface area contributed by atoms with Gasteiger partial charge in [-0.1, -0.05) is 34.6 Å². The van der Waals surface area contributed by atoms with E-state index in [1.54, 1.807) is 12.1 Å². The molecule has 3 heterocycles. The number of fused-ring (bicyclic) bond motifs is 1. The number of carbonyl (C=O) groups is 2. The van der Waals surface area contributed by atoms with Crippen LogP contribution in [0.25, 0.3) is 0 Å². The van der Waals surface area contributed by atoms with E-state index in [0.29, 0.717) is 29.2 Å². The molecule has 2 amide bonds. The molecule has 2 aliphatic rings. The second-order valence-corrected chi connectivity index (χ2v) is 15.2. The summed E-state index contributed by atoms with van der Waals surface area (Å²) in [6.45, 7) is 15.3. The fourth-order valence-corrected chi connectivity index (χ4v) is 8.76. The van der Waals surface area contributed by atoms with Gasteiger partial charge in [0.1, 0.15) is 5.00 Å². The molecule has 0 spiro atoms. The molecule has 0 radical (unpaired) electrons. The molecule has 1 N–H and O–H groups in total. The van der Waals surface area contributed by atoms with E-state index >= 15 is 0 Å². The molecule has 0 saturated carbocycles. The van der Waals surface area contributed by atoms with E-state index < -0.39 is 10.0 Å². The van der Waals surface area contributed by atoms with E-state index in [1.165, 1.54) is 27.8 Å². The van der Waals surface area contributed by atoms with Gasteiger partial charge in [0, 0.05) is 49.7 Å². The molecule has 0 atom stereocenters. The Morgan fingerprint density at radius 2 is 1.61 bits per heavy atom. The second kappa shape index (κ2) is 13.8. The van der Waals surface area contributed by atoms with Crippen LogP contribution in [-0.2, 0) is 23.0 Å². The molecule has 1 aromatic heterocycles. The molecule has 2 aliphatic heterocycles. The van der Waals surface area contributed by atoms with Crippen molar-refractivity contribution in [3.8, 4) is 0 Å². The van der Waals surface area contributed by atoms with Crippen LogP contribution in [0.5, 0.6) is 0 Å². The van der Waals surface area contributed by atoms with Gasteiger partial charge in [-0.3, -0.25) is 14.5 Å². The van der Waals surface area contributed by atoms with Crippen molar-refractivity contribution in [2.75, 3.05) is 44.6 Å². The molecule has 1 saturated heterocycles. The number of benzene rings is 1. The van der Waals surface area contributed by atoms with Gasteiger partial charge in [-0.25, -0.2) is 8.42 Å². The Kier molecular flexibility index (Phi) is 10.7. The highest BCUT2D eigenvalue weighted by atomic mass is 32.2. The van der Waals surface area contributed by atoms with E-state index in [4.69, 9.17) is 0 Å². The number of hydrogen-bond acceptors (Lipinski definition) is 6. The van der Waals surface area contributed by atoms with Crippen LogP contribution in [0, 0.1) is 11.8 Å². The van der Waals surface area contributed by atoms with Crippen molar-refractivity contribution in [2.24, 2.45) is 11.8 Å². The smallest absolute Gasteiger partial charge is 0.257 e. The number of nitrogens with one attached hydrogen (secondary N) is 1. The van der Waals surface area contributed by atoms with Crippen LogP contribution < -0.4 is 5.32 Å². The summed E-state index contributed by atoms with van der Waals surface area (Å²) < 4.78 is 28.4. The maximum Gasteiger partial charge on any atom is 0.257 e. The van der Waals surface area contributed by atoms with Crippen molar-refractivity contribution in [3.63, 3.8) is 0 Å². The number of hydrogen-bond donors (Lipinski definition) is 1. The predicted octanol–water partition coefficient (Wildman–Crippen LogP) is 5.70. The first-order valence-electron chi connectivity index (χ1n) is 15.1. The molecule has 0 unspecified atom stereocenters. The van der Waals surface area contributed by atoms with E-state index in [0.717, 1.165) is 75.3 Å². The number of nitrogens with zero attached hydrogens (tertiary/aromatic N) is 3. The number of rotatable bonds is 11. The molecule has 0 aliphatic carbocycles.